The SMILES string of the molecule is CNCc1cnn(-c2c(C)cccc2C)c1C. The minimum Gasteiger partial charge on any atom is -0.316 e. The lowest BCUT2D eigenvalue weighted by Crippen LogP contribution is -2.08. The molecule has 0 amide bonds. The van der Waals surface area contributed by atoms with Gasteiger partial charge in [0.05, 0.1) is 11.9 Å². The Morgan fingerprint density at radius 3 is 2.41 bits per heavy atom. The summed E-state index contributed by atoms with van der Waals surface area (Å²) in [6, 6.07) is 6.34. The maximum Gasteiger partial charge on any atom is 0.0707 e. The number of hydrogen-bond donors (Lipinski definition) is 1. The van der Waals surface area contributed by atoms with Crippen LogP contribution in [0.5, 0.6) is 0 Å². The topological polar surface area (TPSA) is 29.9 Å². The summed E-state index contributed by atoms with van der Waals surface area (Å²) in [6.07, 6.45) is 1.94. The molecule has 1 aromatic carbocycles. The molecule has 0 saturated carbocycles. The quantitative estimate of drug-likeness (QED) is 0.876. The monoisotopic (exact) mass is 229 g/mol. The smallest absolute Gasteiger partial charge is 0.0707 e. The summed E-state index contributed by atoms with van der Waals surface area (Å²) in [5.74, 6) is 0. The Morgan fingerprint density at radius 1 is 1.18 bits per heavy atom. The van der Waals surface area contributed by atoms with Crippen LogP contribution in [-0.4, -0.2) is 16.8 Å². The number of hydrogen-bond acceptors (Lipinski definition) is 2. The van der Waals surface area contributed by atoms with Gasteiger partial charge in [0, 0.05) is 17.8 Å². The summed E-state index contributed by atoms with van der Waals surface area (Å²) in [5.41, 5.74) is 6.17. The highest BCUT2D eigenvalue weighted by Crippen LogP contribution is 2.21. The van der Waals surface area contributed by atoms with Crippen LogP contribution in [0, 0.1) is 20.8 Å². The van der Waals surface area contributed by atoms with E-state index in [0.717, 1.165) is 6.54 Å². The molecule has 2 rings (SSSR count). The maximum atomic E-state index is 4.50. The molecule has 0 aliphatic heterocycles. The number of nitrogens with zero attached hydrogens (tertiary/aromatic N) is 2. The first-order valence-corrected chi connectivity index (χ1v) is 5.90. The molecule has 0 saturated heterocycles. The summed E-state index contributed by atoms with van der Waals surface area (Å²) < 4.78 is 2.04. The van der Waals surface area contributed by atoms with Crippen molar-refractivity contribution in [2.24, 2.45) is 0 Å². The van der Waals surface area contributed by atoms with Crippen molar-refractivity contribution >= 4 is 0 Å². The van der Waals surface area contributed by atoms with E-state index in [1.54, 1.807) is 0 Å². The summed E-state index contributed by atoms with van der Waals surface area (Å²) in [6.45, 7) is 7.23. The Bertz CT molecular complexity index is 506. The normalized spacial score (nSPS) is 10.8. The molecular formula is C14H19N3. The van der Waals surface area contributed by atoms with E-state index >= 15 is 0 Å². The van der Waals surface area contributed by atoms with Gasteiger partial charge in [0.2, 0.25) is 0 Å². The van der Waals surface area contributed by atoms with Crippen LogP contribution in [0.1, 0.15) is 22.4 Å². The Kier molecular flexibility index (Phi) is 3.29. The molecule has 0 spiro atoms. The van der Waals surface area contributed by atoms with Gasteiger partial charge in [-0.25, -0.2) is 4.68 Å². The van der Waals surface area contributed by atoms with Crippen molar-refractivity contribution in [3.8, 4) is 5.69 Å². The van der Waals surface area contributed by atoms with Crippen molar-refractivity contribution in [2.75, 3.05) is 7.05 Å². The lowest BCUT2D eigenvalue weighted by atomic mass is 10.1. The second-order valence-corrected chi connectivity index (χ2v) is 4.44. The Balaban J connectivity index is 2.54. The molecular weight excluding hydrogens is 210 g/mol. The molecule has 0 radical (unpaired) electrons. The molecule has 0 aliphatic rings. The van der Waals surface area contributed by atoms with Crippen LogP contribution in [0.3, 0.4) is 0 Å². The third kappa shape index (κ3) is 2.11. The number of para-hydroxylation sites is 1. The highest BCUT2D eigenvalue weighted by atomic mass is 15.3. The third-order valence-electron chi connectivity index (χ3n) is 3.13. The number of nitrogens with one attached hydrogen (secondary N) is 1. The van der Waals surface area contributed by atoms with Gasteiger partial charge in [0.25, 0.3) is 0 Å². The summed E-state index contributed by atoms with van der Waals surface area (Å²) in [4.78, 5) is 0. The zero-order valence-corrected chi connectivity index (χ0v) is 10.9. The summed E-state index contributed by atoms with van der Waals surface area (Å²) >= 11 is 0. The van der Waals surface area contributed by atoms with Crippen molar-refractivity contribution in [1.82, 2.24) is 15.1 Å². The predicted octanol–water partition coefficient (Wildman–Crippen LogP) is 2.52. The fourth-order valence-electron chi connectivity index (χ4n) is 2.17. The third-order valence-corrected chi connectivity index (χ3v) is 3.13. The van der Waals surface area contributed by atoms with Gasteiger partial charge in [-0.2, -0.15) is 5.10 Å². The van der Waals surface area contributed by atoms with Crippen LogP contribution >= 0.6 is 0 Å². The van der Waals surface area contributed by atoms with E-state index in [2.05, 4.69) is 49.4 Å². The van der Waals surface area contributed by atoms with Crippen molar-refractivity contribution in [2.45, 2.75) is 27.3 Å². The lowest BCUT2D eigenvalue weighted by molar-refractivity contribution is 0.798. The van der Waals surface area contributed by atoms with E-state index in [4.69, 9.17) is 0 Å². The van der Waals surface area contributed by atoms with Crippen molar-refractivity contribution < 1.29 is 0 Å². The lowest BCUT2D eigenvalue weighted by Gasteiger charge is -2.12. The summed E-state index contributed by atoms with van der Waals surface area (Å²) in [5, 5.41) is 7.67. The highest BCUT2D eigenvalue weighted by Gasteiger charge is 2.11. The fraction of sp³-hybridized carbons (Fsp3) is 0.357. The minimum atomic E-state index is 0.858. The second kappa shape index (κ2) is 4.72. The van der Waals surface area contributed by atoms with Crippen LogP contribution in [0.15, 0.2) is 24.4 Å². The van der Waals surface area contributed by atoms with E-state index in [0.29, 0.717) is 0 Å². The molecule has 0 bridgehead atoms. The molecule has 2 aromatic rings. The zero-order chi connectivity index (χ0) is 12.4. The van der Waals surface area contributed by atoms with Gasteiger partial charge < -0.3 is 5.32 Å². The molecule has 3 heteroatoms. The van der Waals surface area contributed by atoms with Gasteiger partial charge >= 0.3 is 0 Å². The largest absolute Gasteiger partial charge is 0.316 e. The second-order valence-electron chi connectivity index (χ2n) is 4.44. The van der Waals surface area contributed by atoms with E-state index in [1.807, 2.05) is 17.9 Å². The molecule has 90 valence electrons. The van der Waals surface area contributed by atoms with Crippen LogP contribution in [0.25, 0.3) is 5.69 Å². The van der Waals surface area contributed by atoms with Gasteiger partial charge in [-0.3, -0.25) is 0 Å². The number of benzene rings is 1. The summed E-state index contributed by atoms with van der Waals surface area (Å²) in [7, 11) is 1.95. The zero-order valence-electron chi connectivity index (χ0n) is 10.9. The predicted molar refractivity (Wildman–Crippen MR) is 70.5 cm³/mol. The molecule has 1 aromatic heterocycles. The van der Waals surface area contributed by atoms with Crippen molar-refractivity contribution in [3.05, 3.63) is 46.8 Å². The molecule has 0 unspecified atom stereocenters. The molecule has 3 nitrogen and oxygen atoms in total. The van der Waals surface area contributed by atoms with Crippen LogP contribution in [0.4, 0.5) is 0 Å². The molecule has 0 aliphatic carbocycles. The Labute approximate surface area is 102 Å². The van der Waals surface area contributed by atoms with Crippen molar-refractivity contribution in [3.63, 3.8) is 0 Å². The van der Waals surface area contributed by atoms with Gasteiger partial charge in [0.15, 0.2) is 0 Å². The molecule has 0 atom stereocenters. The average molecular weight is 229 g/mol. The first kappa shape index (κ1) is 11.9. The van der Waals surface area contributed by atoms with E-state index in [9.17, 15) is 0 Å². The van der Waals surface area contributed by atoms with Crippen LogP contribution in [-0.2, 0) is 6.54 Å². The van der Waals surface area contributed by atoms with Crippen LogP contribution in [0.2, 0.25) is 0 Å². The first-order chi connectivity index (χ1) is 8.15. The molecule has 0 fully saturated rings. The number of rotatable bonds is 3. The molecule has 1 heterocycles. The molecule has 17 heavy (non-hydrogen) atoms. The standard InChI is InChI=1S/C14H19N3/c1-10-6-5-7-11(2)14(10)17-12(3)13(8-15-4)9-16-17/h5-7,9,15H,8H2,1-4H3. The first-order valence-electron chi connectivity index (χ1n) is 5.90. The maximum absolute atomic E-state index is 4.50. The van der Waals surface area contributed by atoms with Gasteiger partial charge in [-0.05, 0) is 38.9 Å². The highest BCUT2D eigenvalue weighted by molar-refractivity contribution is 5.47. The van der Waals surface area contributed by atoms with E-state index in [1.165, 1.54) is 28.1 Å². The molecule has 1 N–H and O–H groups in total. The number of aromatic nitrogens is 2. The van der Waals surface area contributed by atoms with Gasteiger partial charge in [-0.1, -0.05) is 18.2 Å². The number of aryl methyl sites for hydroxylation is 2. The van der Waals surface area contributed by atoms with E-state index in [-0.39, 0.29) is 0 Å². The minimum absolute atomic E-state index is 0.858. The van der Waals surface area contributed by atoms with E-state index < -0.39 is 0 Å². The van der Waals surface area contributed by atoms with Crippen LogP contribution < -0.4 is 5.32 Å². The fourth-order valence-corrected chi connectivity index (χ4v) is 2.17. The Hall–Kier alpha value is -1.61. The average Bonchev–Trinajstić information content (AvgIpc) is 2.62. The Morgan fingerprint density at radius 2 is 1.82 bits per heavy atom. The van der Waals surface area contributed by atoms with Crippen molar-refractivity contribution in [1.29, 1.82) is 0 Å². The van der Waals surface area contributed by atoms with Gasteiger partial charge in [0.1, 0.15) is 0 Å². The van der Waals surface area contributed by atoms with Gasteiger partial charge in [-0.15, -0.1) is 0 Å².